The van der Waals surface area contributed by atoms with Gasteiger partial charge in [-0.05, 0) is 52.9 Å². The summed E-state index contributed by atoms with van der Waals surface area (Å²) in [6, 6.07) is 16.1. The van der Waals surface area contributed by atoms with E-state index in [0.717, 1.165) is 24.2 Å². The number of carbonyl (C=O) groups excluding carboxylic acids is 1. The molecule has 130 valence electrons. The molecule has 1 aromatic heterocycles. The molecule has 0 saturated carbocycles. The van der Waals surface area contributed by atoms with Crippen LogP contribution in [0.2, 0.25) is 0 Å². The van der Waals surface area contributed by atoms with Crippen molar-refractivity contribution in [1.29, 1.82) is 0 Å². The minimum atomic E-state index is -0.123. The molecule has 0 radical (unpaired) electrons. The average Bonchev–Trinajstić information content (AvgIpc) is 3.05. The molecule has 2 amide bonds. The number of carbonyl (C=O) groups is 1. The second-order valence-corrected chi connectivity index (χ2v) is 6.70. The summed E-state index contributed by atoms with van der Waals surface area (Å²) in [4.78, 5) is 11.9. The van der Waals surface area contributed by atoms with Crippen LogP contribution in [0.4, 0.5) is 4.79 Å². The standard InChI is InChI=1S/C20H22N2O2S/c1-24-17-6-4-5-15(13-17)9-11-21-20(23)22-12-10-16-14-25-19-8-3-2-7-18(16)19/h2-8,13-14H,9-12H2,1H3,(H2,21,22,23). The van der Waals surface area contributed by atoms with Crippen molar-refractivity contribution in [2.45, 2.75) is 12.8 Å². The lowest BCUT2D eigenvalue weighted by molar-refractivity contribution is 0.241. The molecule has 25 heavy (non-hydrogen) atoms. The fourth-order valence-corrected chi connectivity index (χ4v) is 3.75. The molecule has 3 rings (SSSR count). The van der Waals surface area contributed by atoms with Crippen LogP contribution in [0, 0.1) is 0 Å². The molecule has 0 aliphatic carbocycles. The zero-order chi connectivity index (χ0) is 17.5. The minimum absolute atomic E-state index is 0.123. The Labute approximate surface area is 151 Å². The van der Waals surface area contributed by atoms with Crippen LogP contribution in [-0.2, 0) is 12.8 Å². The van der Waals surface area contributed by atoms with Gasteiger partial charge in [-0.2, -0.15) is 0 Å². The Morgan fingerprint density at radius 2 is 1.84 bits per heavy atom. The fourth-order valence-electron chi connectivity index (χ4n) is 2.75. The summed E-state index contributed by atoms with van der Waals surface area (Å²) in [6.45, 7) is 1.23. The van der Waals surface area contributed by atoms with E-state index in [4.69, 9.17) is 4.74 Å². The van der Waals surface area contributed by atoms with Crippen LogP contribution in [0.25, 0.3) is 10.1 Å². The molecule has 1 heterocycles. The number of hydrogen-bond acceptors (Lipinski definition) is 3. The summed E-state index contributed by atoms with van der Waals surface area (Å²) in [7, 11) is 1.65. The molecule has 0 atom stereocenters. The first-order chi connectivity index (χ1) is 12.3. The first-order valence-electron chi connectivity index (χ1n) is 8.36. The highest BCUT2D eigenvalue weighted by atomic mass is 32.1. The molecule has 3 aromatic rings. The zero-order valence-corrected chi connectivity index (χ0v) is 15.1. The van der Waals surface area contributed by atoms with E-state index in [1.54, 1.807) is 18.4 Å². The third kappa shape index (κ3) is 4.73. The number of urea groups is 1. The number of rotatable bonds is 7. The van der Waals surface area contributed by atoms with Crippen LogP contribution in [0.15, 0.2) is 53.9 Å². The van der Waals surface area contributed by atoms with Crippen LogP contribution >= 0.6 is 11.3 Å². The van der Waals surface area contributed by atoms with Gasteiger partial charge >= 0.3 is 6.03 Å². The predicted molar refractivity (Wildman–Crippen MR) is 104 cm³/mol. The quantitative estimate of drug-likeness (QED) is 0.674. The number of ether oxygens (including phenoxy) is 1. The van der Waals surface area contributed by atoms with E-state index in [9.17, 15) is 4.79 Å². The molecule has 0 bridgehead atoms. The number of benzene rings is 2. The van der Waals surface area contributed by atoms with E-state index in [1.165, 1.54) is 15.6 Å². The van der Waals surface area contributed by atoms with E-state index in [0.29, 0.717) is 13.1 Å². The Bertz CT molecular complexity index is 844. The van der Waals surface area contributed by atoms with E-state index in [2.05, 4.69) is 40.3 Å². The number of fused-ring (bicyclic) bond motifs is 1. The van der Waals surface area contributed by atoms with E-state index < -0.39 is 0 Å². The number of methoxy groups -OCH3 is 1. The van der Waals surface area contributed by atoms with Gasteiger partial charge < -0.3 is 15.4 Å². The van der Waals surface area contributed by atoms with E-state index >= 15 is 0 Å². The van der Waals surface area contributed by atoms with Gasteiger partial charge in [0.05, 0.1) is 7.11 Å². The Kier molecular flexibility index (Phi) is 5.90. The normalized spacial score (nSPS) is 10.6. The highest BCUT2D eigenvalue weighted by molar-refractivity contribution is 7.17. The van der Waals surface area contributed by atoms with Crippen LogP contribution in [0.3, 0.4) is 0 Å². The van der Waals surface area contributed by atoms with Gasteiger partial charge in [-0.1, -0.05) is 30.3 Å². The number of hydrogen-bond donors (Lipinski definition) is 2. The predicted octanol–water partition coefficient (Wildman–Crippen LogP) is 3.99. The third-order valence-electron chi connectivity index (χ3n) is 4.07. The van der Waals surface area contributed by atoms with Crippen LogP contribution < -0.4 is 15.4 Å². The zero-order valence-electron chi connectivity index (χ0n) is 14.2. The number of nitrogens with one attached hydrogen (secondary N) is 2. The Hall–Kier alpha value is -2.53. The Morgan fingerprint density at radius 3 is 2.68 bits per heavy atom. The van der Waals surface area contributed by atoms with Crippen molar-refractivity contribution in [3.05, 3.63) is 65.0 Å². The Morgan fingerprint density at radius 1 is 1.04 bits per heavy atom. The van der Waals surface area contributed by atoms with Crippen molar-refractivity contribution in [3.63, 3.8) is 0 Å². The lowest BCUT2D eigenvalue weighted by atomic mass is 10.1. The maximum absolute atomic E-state index is 11.9. The molecular weight excluding hydrogens is 332 g/mol. The van der Waals surface area contributed by atoms with Crippen molar-refractivity contribution in [2.24, 2.45) is 0 Å². The summed E-state index contributed by atoms with van der Waals surface area (Å²) >= 11 is 1.75. The van der Waals surface area contributed by atoms with Crippen LogP contribution in [0.1, 0.15) is 11.1 Å². The fraction of sp³-hybridized carbons (Fsp3) is 0.250. The molecule has 0 unspecified atom stereocenters. The Balaban J connectivity index is 1.39. The lowest BCUT2D eigenvalue weighted by Gasteiger charge is -2.08. The molecule has 0 spiro atoms. The third-order valence-corrected chi connectivity index (χ3v) is 5.09. The van der Waals surface area contributed by atoms with Gasteiger partial charge in [0.2, 0.25) is 0 Å². The first-order valence-corrected chi connectivity index (χ1v) is 9.24. The van der Waals surface area contributed by atoms with Crippen molar-refractivity contribution in [3.8, 4) is 5.75 Å². The molecule has 4 nitrogen and oxygen atoms in total. The second kappa shape index (κ2) is 8.53. The second-order valence-electron chi connectivity index (χ2n) is 5.79. The van der Waals surface area contributed by atoms with Crippen molar-refractivity contribution in [1.82, 2.24) is 10.6 Å². The molecule has 0 saturated heterocycles. The summed E-state index contributed by atoms with van der Waals surface area (Å²) in [5.74, 6) is 0.838. The maximum atomic E-state index is 11.9. The number of amides is 2. The number of thiophene rings is 1. The summed E-state index contributed by atoms with van der Waals surface area (Å²) < 4.78 is 6.49. The molecule has 0 aliphatic rings. The van der Waals surface area contributed by atoms with Crippen molar-refractivity contribution in [2.75, 3.05) is 20.2 Å². The molecule has 2 aromatic carbocycles. The van der Waals surface area contributed by atoms with Gasteiger partial charge in [0, 0.05) is 17.8 Å². The van der Waals surface area contributed by atoms with Gasteiger partial charge in [0.1, 0.15) is 5.75 Å². The summed E-state index contributed by atoms with van der Waals surface area (Å²) in [5.41, 5.74) is 2.43. The SMILES string of the molecule is COc1cccc(CCNC(=O)NCCc2csc3ccccc23)c1. The van der Waals surface area contributed by atoms with E-state index in [-0.39, 0.29) is 6.03 Å². The van der Waals surface area contributed by atoms with Gasteiger partial charge in [-0.15, -0.1) is 11.3 Å². The minimum Gasteiger partial charge on any atom is -0.497 e. The van der Waals surface area contributed by atoms with Crippen molar-refractivity contribution < 1.29 is 9.53 Å². The summed E-state index contributed by atoms with van der Waals surface area (Å²) in [6.07, 6.45) is 1.62. The molecule has 0 aliphatic heterocycles. The molecular formula is C20H22N2O2S. The monoisotopic (exact) mass is 354 g/mol. The van der Waals surface area contributed by atoms with Gasteiger partial charge in [-0.25, -0.2) is 4.79 Å². The van der Waals surface area contributed by atoms with Crippen LogP contribution in [0.5, 0.6) is 5.75 Å². The lowest BCUT2D eigenvalue weighted by Crippen LogP contribution is -2.37. The maximum Gasteiger partial charge on any atom is 0.314 e. The highest BCUT2D eigenvalue weighted by Gasteiger charge is 2.05. The van der Waals surface area contributed by atoms with E-state index in [1.807, 2.05) is 24.3 Å². The molecule has 0 fully saturated rings. The largest absolute Gasteiger partial charge is 0.497 e. The van der Waals surface area contributed by atoms with Gasteiger partial charge in [0.25, 0.3) is 0 Å². The van der Waals surface area contributed by atoms with Gasteiger partial charge in [0.15, 0.2) is 0 Å². The average molecular weight is 354 g/mol. The highest BCUT2D eigenvalue weighted by Crippen LogP contribution is 2.25. The first kappa shape index (κ1) is 17.3. The molecule has 5 heteroatoms. The smallest absolute Gasteiger partial charge is 0.314 e. The topological polar surface area (TPSA) is 50.4 Å². The molecule has 2 N–H and O–H groups in total. The van der Waals surface area contributed by atoms with Crippen LogP contribution in [-0.4, -0.2) is 26.2 Å². The summed E-state index contributed by atoms with van der Waals surface area (Å²) in [5, 5.41) is 9.28. The van der Waals surface area contributed by atoms with Crippen molar-refractivity contribution >= 4 is 27.5 Å². The van der Waals surface area contributed by atoms with Gasteiger partial charge in [-0.3, -0.25) is 0 Å².